The molecule has 0 amide bonds. The summed E-state index contributed by atoms with van der Waals surface area (Å²) >= 11 is 0. The molecule has 370 valence electrons. The highest BCUT2D eigenvalue weighted by Crippen LogP contribution is 2.43. The van der Waals surface area contributed by atoms with Crippen molar-refractivity contribution in [3.63, 3.8) is 0 Å². The summed E-state index contributed by atoms with van der Waals surface area (Å²) in [6.45, 7) is 0. The van der Waals surface area contributed by atoms with Crippen LogP contribution in [0.2, 0.25) is 0 Å². The zero-order valence-electron chi connectivity index (χ0n) is 42.8. The molecule has 8 heteroatoms. The Kier molecular flexibility index (Phi) is 11.5. The quantitative estimate of drug-likeness (QED) is 0.142. The van der Waals surface area contributed by atoms with Gasteiger partial charge in [0.2, 0.25) is 0 Å². The van der Waals surface area contributed by atoms with Crippen LogP contribution in [0, 0.1) is 34.0 Å². The minimum Gasteiger partial charge on any atom is -0.308 e. The molecular weight excluding hydrogens is 977 g/mol. The van der Waals surface area contributed by atoms with Crippen LogP contribution < -0.4 is 0 Å². The number of fused-ring (bicyclic) bond motifs is 6. The first-order chi connectivity index (χ1) is 39.5. The van der Waals surface area contributed by atoms with Crippen LogP contribution in [-0.2, 0) is 0 Å². The Morgan fingerprint density at radius 2 is 0.562 bits per heavy atom. The van der Waals surface area contributed by atoms with E-state index >= 15 is 0 Å². The monoisotopic (exact) mass is 1020 g/mol. The van der Waals surface area contributed by atoms with E-state index in [0.29, 0.717) is 50.9 Å². The molecule has 3 heterocycles. The van der Waals surface area contributed by atoms with E-state index in [-0.39, 0.29) is 0 Å². The molecule has 0 saturated heterocycles. The third kappa shape index (κ3) is 8.20. The number of aromatic nitrogens is 5. The third-order valence-electron chi connectivity index (χ3n) is 15.1. The maximum absolute atomic E-state index is 10.6. The summed E-state index contributed by atoms with van der Waals surface area (Å²) < 4.78 is 4.47. The largest absolute Gasteiger partial charge is 0.308 e. The van der Waals surface area contributed by atoms with E-state index in [9.17, 15) is 15.8 Å². The molecule has 0 unspecified atom stereocenters. The van der Waals surface area contributed by atoms with Crippen LogP contribution in [0.1, 0.15) is 16.7 Å². The van der Waals surface area contributed by atoms with Gasteiger partial charge in [-0.3, -0.25) is 0 Å². The normalized spacial score (nSPS) is 11.2. The van der Waals surface area contributed by atoms with Gasteiger partial charge in [0.05, 0.1) is 68.3 Å². The van der Waals surface area contributed by atoms with Crippen molar-refractivity contribution >= 4 is 43.6 Å². The van der Waals surface area contributed by atoms with Gasteiger partial charge >= 0.3 is 0 Å². The Balaban J connectivity index is 1.03. The van der Waals surface area contributed by atoms with Crippen molar-refractivity contribution in [3.05, 3.63) is 271 Å². The van der Waals surface area contributed by atoms with Crippen molar-refractivity contribution < 1.29 is 0 Å². The molecule has 80 heavy (non-hydrogen) atoms. The molecule has 0 aliphatic heterocycles. The number of nitrogens with zero attached hydrogens (tertiary/aromatic N) is 8. The Labute approximate surface area is 460 Å². The highest BCUT2D eigenvalue weighted by atomic mass is 15.1. The second-order valence-electron chi connectivity index (χ2n) is 19.7. The molecule has 0 aliphatic rings. The van der Waals surface area contributed by atoms with Gasteiger partial charge in [-0.2, -0.15) is 15.8 Å². The van der Waals surface area contributed by atoms with Crippen molar-refractivity contribution in [2.45, 2.75) is 0 Å². The third-order valence-corrected chi connectivity index (χ3v) is 15.1. The smallest absolute Gasteiger partial charge is 0.166 e. The van der Waals surface area contributed by atoms with Gasteiger partial charge in [0, 0.05) is 38.2 Å². The van der Waals surface area contributed by atoms with E-state index in [1.807, 2.05) is 72.8 Å². The van der Waals surface area contributed by atoms with Crippen LogP contribution in [0.3, 0.4) is 0 Å². The van der Waals surface area contributed by atoms with Gasteiger partial charge in [0.15, 0.2) is 17.5 Å². The lowest BCUT2D eigenvalue weighted by Crippen LogP contribution is -2.06. The molecule has 0 bridgehead atoms. The molecule has 11 aromatic carbocycles. The zero-order valence-corrected chi connectivity index (χ0v) is 42.8. The standard InChI is InChI=1S/C72H42N8/c73-43-46-14-13-23-57(36-46)70-76-71(62-37-47(44-74)24-30-68(62)79-64-32-26-53(49-15-5-1-6-16-49)39-58(64)59-40-54(27-33-65(59)79)50-17-7-2-8-18-50)78-72(77-70)63-38-48(45-75)25-31-69(63)80-66-34-28-55(51-19-9-3-10-20-51)41-60(66)61-42-56(29-35-67(61)80)52-21-11-4-12-22-52/h1-42H. The van der Waals surface area contributed by atoms with Gasteiger partial charge < -0.3 is 9.13 Å². The highest BCUT2D eigenvalue weighted by Gasteiger charge is 2.24. The van der Waals surface area contributed by atoms with E-state index in [1.54, 1.807) is 12.1 Å². The van der Waals surface area contributed by atoms with Crippen LogP contribution in [0.4, 0.5) is 0 Å². The first-order valence-corrected chi connectivity index (χ1v) is 26.2. The number of rotatable bonds is 9. The van der Waals surface area contributed by atoms with Crippen molar-refractivity contribution in [3.8, 4) is 108 Å². The van der Waals surface area contributed by atoms with Crippen LogP contribution in [0.15, 0.2) is 255 Å². The summed E-state index contributed by atoms with van der Waals surface area (Å²) in [5, 5.41) is 35.7. The van der Waals surface area contributed by atoms with Crippen molar-refractivity contribution in [2.24, 2.45) is 0 Å². The van der Waals surface area contributed by atoms with Crippen molar-refractivity contribution in [2.75, 3.05) is 0 Å². The lowest BCUT2D eigenvalue weighted by Gasteiger charge is -2.17. The summed E-state index contributed by atoms with van der Waals surface area (Å²) in [6, 6.07) is 93.4. The molecule has 3 aromatic heterocycles. The SMILES string of the molecule is N#Cc1cccc(-c2nc(-c3cc(C#N)ccc3-n3c4ccc(-c5ccccc5)cc4c4cc(-c5ccccc5)ccc43)nc(-c3cc(C#N)ccc3-n3c4ccc(-c5ccccc5)cc4c4cc(-c5ccccc5)ccc43)n2)c1. The van der Waals surface area contributed by atoms with Gasteiger partial charge in [0.1, 0.15) is 0 Å². The van der Waals surface area contributed by atoms with Crippen LogP contribution >= 0.6 is 0 Å². The maximum Gasteiger partial charge on any atom is 0.166 e. The summed E-state index contributed by atoms with van der Waals surface area (Å²) in [4.78, 5) is 16.0. The topological polar surface area (TPSA) is 120 Å². The average molecular weight is 1020 g/mol. The lowest BCUT2D eigenvalue weighted by atomic mass is 10.0. The van der Waals surface area contributed by atoms with E-state index in [0.717, 1.165) is 99.5 Å². The fraction of sp³-hybridized carbons (Fsp3) is 0. The fourth-order valence-electron chi connectivity index (χ4n) is 11.2. The summed E-state index contributed by atoms with van der Waals surface area (Å²) in [7, 11) is 0. The second kappa shape index (κ2) is 19.6. The molecule has 0 spiro atoms. The molecule has 8 nitrogen and oxygen atoms in total. The first kappa shape index (κ1) is 47.0. The van der Waals surface area contributed by atoms with Gasteiger partial charge in [0.25, 0.3) is 0 Å². The second-order valence-corrected chi connectivity index (χ2v) is 19.7. The molecule has 0 radical (unpaired) electrons. The molecule has 0 N–H and O–H groups in total. The molecule has 14 aromatic rings. The Morgan fingerprint density at radius 1 is 0.250 bits per heavy atom. The molecule has 0 fully saturated rings. The minimum absolute atomic E-state index is 0.298. The number of nitriles is 3. The predicted octanol–water partition coefficient (Wildman–Crippen LogP) is 17.3. The molecular formula is C72H42N8. The van der Waals surface area contributed by atoms with E-state index < -0.39 is 0 Å². The van der Waals surface area contributed by atoms with E-state index in [4.69, 9.17) is 15.0 Å². The first-order valence-electron chi connectivity index (χ1n) is 26.2. The number of hydrogen-bond donors (Lipinski definition) is 0. The van der Waals surface area contributed by atoms with Gasteiger partial charge in [-0.05, 0) is 142 Å². The molecule has 14 rings (SSSR count). The number of hydrogen-bond acceptors (Lipinski definition) is 6. The Morgan fingerprint density at radius 3 is 0.900 bits per heavy atom. The fourth-order valence-corrected chi connectivity index (χ4v) is 11.2. The summed E-state index contributed by atoms with van der Waals surface area (Å²) in [6.07, 6.45) is 0. The number of benzene rings is 11. The Bertz CT molecular complexity index is 4430. The summed E-state index contributed by atoms with van der Waals surface area (Å²) in [5.74, 6) is 0.909. The van der Waals surface area contributed by atoms with Crippen molar-refractivity contribution in [1.82, 2.24) is 24.1 Å². The van der Waals surface area contributed by atoms with Crippen molar-refractivity contribution in [1.29, 1.82) is 15.8 Å². The summed E-state index contributed by atoms with van der Waals surface area (Å²) in [5.41, 5.74) is 17.1. The van der Waals surface area contributed by atoms with E-state index in [2.05, 4.69) is 197 Å². The van der Waals surface area contributed by atoms with Crippen LogP contribution in [0.5, 0.6) is 0 Å². The molecule has 0 aliphatic carbocycles. The minimum atomic E-state index is 0.298. The van der Waals surface area contributed by atoms with Crippen LogP contribution in [-0.4, -0.2) is 24.1 Å². The molecule has 0 atom stereocenters. The maximum atomic E-state index is 10.6. The van der Waals surface area contributed by atoms with Gasteiger partial charge in [-0.25, -0.2) is 15.0 Å². The zero-order chi connectivity index (χ0) is 53.7. The molecule has 0 saturated carbocycles. The average Bonchev–Trinajstić information content (AvgIpc) is 4.14. The highest BCUT2D eigenvalue weighted by molar-refractivity contribution is 6.13. The van der Waals surface area contributed by atoms with E-state index in [1.165, 1.54) is 0 Å². The van der Waals surface area contributed by atoms with Crippen LogP contribution in [0.25, 0.3) is 134 Å². The predicted molar refractivity (Wildman–Crippen MR) is 321 cm³/mol. The lowest BCUT2D eigenvalue weighted by molar-refractivity contribution is 1.06. The van der Waals surface area contributed by atoms with Gasteiger partial charge in [-0.15, -0.1) is 0 Å². The Hall–Kier alpha value is -11.5. The van der Waals surface area contributed by atoms with Gasteiger partial charge in [-0.1, -0.05) is 158 Å².